The van der Waals surface area contributed by atoms with Crippen LogP contribution < -0.4 is 5.32 Å². The van der Waals surface area contributed by atoms with Crippen molar-refractivity contribution in [3.05, 3.63) is 45.8 Å². The highest BCUT2D eigenvalue weighted by molar-refractivity contribution is 7.89. The lowest BCUT2D eigenvalue weighted by atomic mass is 9.98. The maximum Gasteiger partial charge on any atom is 0.341 e. The second-order valence-electron chi connectivity index (χ2n) is 8.44. The quantitative estimate of drug-likeness (QED) is 0.360. The molecule has 9 nitrogen and oxygen atoms in total. The second kappa shape index (κ2) is 12.0. The fraction of sp³-hybridized carbons (Fsp3) is 0.480. The third kappa shape index (κ3) is 6.13. The van der Waals surface area contributed by atoms with Gasteiger partial charge >= 0.3 is 11.9 Å². The van der Waals surface area contributed by atoms with Crippen LogP contribution in [0.1, 0.15) is 57.8 Å². The summed E-state index contributed by atoms with van der Waals surface area (Å²) in [6.07, 6.45) is 0.784. The Morgan fingerprint density at radius 3 is 2.39 bits per heavy atom. The summed E-state index contributed by atoms with van der Waals surface area (Å²) in [6, 6.07) is 5.93. The molecule has 0 unspecified atom stereocenters. The number of Topliss-reactive ketones (excluding diaryl/α,β-unsaturated/α-hetero) is 1. The zero-order valence-electron chi connectivity index (χ0n) is 21.0. The molecule has 1 N–H and O–H groups in total. The maximum atomic E-state index is 13.2. The number of sulfonamides is 1. The lowest BCUT2D eigenvalue weighted by Crippen LogP contribution is -2.40. The molecule has 0 amide bonds. The number of nitrogens with zero attached hydrogens (tertiary/aromatic N) is 1. The highest BCUT2D eigenvalue weighted by Gasteiger charge is 2.33. The van der Waals surface area contributed by atoms with Gasteiger partial charge < -0.3 is 14.8 Å². The first-order valence-electron chi connectivity index (χ1n) is 11.9. The van der Waals surface area contributed by atoms with E-state index < -0.39 is 16.0 Å². The highest BCUT2D eigenvalue weighted by atomic mass is 32.2. The van der Waals surface area contributed by atoms with Crippen LogP contribution in [0.15, 0.2) is 29.2 Å². The number of hydrogen-bond acceptors (Lipinski definition) is 9. The average molecular weight is 537 g/mol. The van der Waals surface area contributed by atoms with E-state index in [1.54, 1.807) is 19.9 Å². The van der Waals surface area contributed by atoms with Gasteiger partial charge in [-0.15, -0.1) is 11.3 Å². The Morgan fingerprint density at radius 2 is 1.75 bits per heavy atom. The normalized spacial score (nSPS) is 14.9. The summed E-state index contributed by atoms with van der Waals surface area (Å²) in [7, 11) is -3.82. The van der Waals surface area contributed by atoms with Gasteiger partial charge in [-0.25, -0.2) is 13.2 Å². The predicted octanol–water partition coefficient (Wildman–Crippen LogP) is 3.80. The molecule has 1 saturated heterocycles. The number of esters is 2. The molecule has 0 saturated carbocycles. The van der Waals surface area contributed by atoms with E-state index in [0.717, 1.165) is 10.4 Å². The fourth-order valence-electron chi connectivity index (χ4n) is 4.03. The van der Waals surface area contributed by atoms with E-state index in [-0.39, 0.29) is 54.4 Å². The van der Waals surface area contributed by atoms with Crippen molar-refractivity contribution in [2.24, 2.45) is 5.92 Å². The van der Waals surface area contributed by atoms with E-state index in [2.05, 4.69) is 5.32 Å². The number of ketones is 1. The highest BCUT2D eigenvalue weighted by Crippen LogP contribution is 2.33. The number of piperidine rings is 1. The number of anilines is 1. The molecule has 2 heterocycles. The van der Waals surface area contributed by atoms with Crippen molar-refractivity contribution in [3.8, 4) is 0 Å². The summed E-state index contributed by atoms with van der Waals surface area (Å²) in [5.41, 5.74) is 1.45. The van der Waals surface area contributed by atoms with Crippen LogP contribution in [0, 0.1) is 19.8 Å². The molecule has 0 atom stereocenters. The maximum absolute atomic E-state index is 13.2. The first kappa shape index (κ1) is 27.8. The Kier molecular flexibility index (Phi) is 9.26. The summed E-state index contributed by atoms with van der Waals surface area (Å²) < 4.78 is 37.9. The second-order valence-corrected chi connectivity index (χ2v) is 11.6. The molecular weight excluding hydrogens is 504 g/mol. The summed E-state index contributed by atoms with van der Waals surface area (Å²) in [6.45, 7) is 8.03. The molecule has 196 valence electrons. The van der Waals surface area contributed by atoms with Gasteiger partial charge in [-0.05, 0) is 58.2 Å². The third-order valence-electron chi connectivity index (χ3n) is 6.14. The minimum Gasteiger partial charge on any atom is -0.466 e. The van der Waals surface area contributed by atoms with Crippen molar-refractivity contribution in [2.75, 3.05) is 38.2 Å². The van der Waals surface area contributed by atoms with Crippen molar-refractivity contribution in [3.63, 3.8) is 0 Å². The summed E-state index contributed by atoms with van der Waals surface area (Å²) in [5, 5.41) is 3.57. The molecule has 0 aliphatic carbocycles. The summed E-state index contributed by atoms with van der Waals surface area (Å²) in [5.74, 6) is -1.36. The van der Waals surface area contributed by atoms with Crippen LogP contribution in [-0.2, 0) is 24.3 Å². The minimum atomic E-state index is -3.82. The fourth-order valence-corrected chi connectivity index (χ4v) is 6.59. The Labute approximate surface area is 215 Å². The first-order chi connectivity index (χ1) is 17.1. The van der Waals surface area contributed by atoms with E-state index in [4.69, 9.17) is 9.47 Å². The molecule has 0 spiro atoms. The topological polar surface area (TPSA) is 119 Å². The van der Waals surface area contributed by atoms with E-state index in [0.29, 0.717) is 30.0 Å². The van der Waals surface area contributed by atoms with Crippen LogP contribution in [-0.4, -0.2) is 63.3 Å². The van der Waals surface area contributed by atoms with E-state index >= 15 is 0 Å². The van der Waals surface area contributed by atoms with Gasteiger partial charge in [-0.3, -0.25) is 9.59 Å². The number of ether oxygens (including phenoxy) is 2. The van der Waals surface area contributed by atoms with Crippen molar-refractivity contribution >= 4 is 44.1 Å². The van der Waals surface area contributed by atoms with E-state index in [1.807, 2.05) is 13.8 Å². The monoisotopic (exact) mass is 536 g/mol. The SMILES string of the molecule is CCOC(=O)c1c(NCC(=O)c2cccc(S(=O)(=O)N3CCC(C(=O)OCC)CC3)c2)sc(C)c1C. The Morgan fingerprint density at radius 1 is 1.08 bits per heavy atom. The van der Waals surface area contributed by atoms with Gasteiger partial charge in [0.25, 0.3) is 0 Å². The van der Waals surface area contributed by atoms with Gasteiger partial charge in [-0.1, -0.05) is 12.1 Å². The number of benzene rings is 1. The molecule has 1 aromatic carbocycles. The Balaban J connectivity index is 1.70. The van der Waals surface area contributed by atoms with Gasteiger partial charge in [0.05, 0.1) is 36.1 Å². The van der Waals surface area contributed by atoms with Gasteiger partial charge in [0.15, 0.2) is 5.78 Å². The molecule has 0 bridgehead atoms. The predicted molar refractivity (Wildman–Crippen MR) is 137 cm³/mol. The number of rotatable bonds is 10. The van der Waals surface area contributed by atoms with E-state index in [1.165, 1.54) is 33.8 Å². The number of hydrogen-bond donors (Lipinski definition) is 1. The molecule has 1 aliphatic heterocycles. The molecule has 11 heteroatoms. The zero-order valence-corrected chi connectivity index (χ0v) is 22.6. The average Bonchev–Trinajstić information content (AvgIpc) is 3.16. The van der Waals surface area contributed by atoms with Crippen molar-refractivity contribution in [1.82, 2.24) is 4.31 Å². The van der Waals surface area contributed by atoms with Crippen molar-refractivity contribution < 1.29 is 32.3 Å². The number of nitrogens with one attached hydrogen (secondary N) is 1. The molecule has 1 aromatic heterocycles. The van der Waals surface area contributed by atoms with Gasteiger partial charge in [0.1, 0.15) is 5.00 Å². The van der Waals surface area contributed by atoms with Gasteiger partial charge in [0, 0.05) is 23.5 Å². The number of aryl methyl sites for hydroxylation is 1. The Hall–Kier alpha value is -2.76. The third-order valence-corrected chi connectivity index (χ3v) is 9.20. The number of carbonyl (C=O) groups excluding carboxylic acids is 3. The number of thiophene rings is 1. The molecule has 2 aromatic rings. The molecule has 1 aliphatic rings. The van der Waals surface area contributed by atoms with Gasteiger partial charge in [-0.2, -0.15) is 4.31 Å². The van der Waals surface area contributed by atoms with Crippen LogP contribution in [0.2, 0.25) is 0 Å². The largest absolute Gasteiger partial charge is 0.466 e. The Bertz CT molecular complexity index is 1230. The van der Waals surface area contributed by atoms with Crippen molar-refractivity contribution in [1.29, 1.82) is 0 Å². The van der Waals surface area contributed by atoms with Gasteiger partial charge in [0.2, 0.25) is 10.0 Å². The number of carbonyl (C=O) groups is 3. The molecule has 0 radical (unpaired) electrons. The van der Waals surface area contributed by atoms with E-state index in [9.17, 15) is 22.8 Å². The summed E-state index contributed by atoms with van der Waals surface area (Å²) >= 11 is 1.36. The minimum absolute atomic E-state index is 0.0259. The lowest BCUT2D eigenvalue weighted by molar-refractivity contribution is -0.149. The van der Waals surface area contributed by atoms with Crippen LogP contribution in [0.25, 0.3) is 0 Å². The smallest absolute Gasteiger partial charge is 0.341 e. The molecule has 1 fully saturated rings. The van der Waals surface area contributed by atoms with Crippen LogP contribution >= 0.6 is 11.3 Å². The van der Waals surface area contributed by atoms with Crippen LogP contribution in [0.5, 0.6) is 0 Å². The molecule has 36 heavy (non-hydrogen) atoms. The van der Waals surface area contributed by atoms with Crippen LogP contribution in [0.4, 0.5) is 5.00 Å². The summed E-state index contributed by atoms with van der Waals surface area (Å²) in [4.78, 5) is 38.2. The molecular formula is C25H32N2O7S2. The molecule has 3 rings (SSSR count). The standard InChI is InChI=1S/C25H32N2O7S2/c1-5-33-24(29)18-10-12-27(13-11-18)36(31,32)20-9-7-8-19(14-20)21(28)15-26-23-22(25(30)34-6-2)16(3)17(4)35-23/h7-9,14,18,26H,5-6,10-13,15H2,1-4H3. The zero-order chi connectivity index (χ0) is 26.5. The van der Waals surface area contributed by atoms with Crippen LogP contribution in [0.3, 0.4) is 0 Å². The lowest BCUT2D eigenvalue weighted by Gasteiger charge is -2.30. The first-order valence-corrected chi connectivity index (χ1v) is 14.2. The van der Waals surface area contributed by atoms with Crippen molar-refractivity contribution in [2.45, 2.75) is 45.4 Å².